The normalized spacial score (nSPS) is 18.8. The molecule has 2 fully saturated rings. The van der Waals surface area contributed by atoms with Crippen molar-refractivity contribution in [3.63, 3.8) is 0 Å². The van der Waals surface area contributed by atoms with Gasteiger partial charge in [-0.25, -0.2) is 9.50 Å². The minimum Gasteiger partial charge on any atom is -0.434 e. The second kappa shape index (κ2) is 11.3. The first-order valence-corrected chi connectivity index (χ1v) is 14.0. The topological polar surface area (TPSA) is 110 Å². The van der Waals surface area contributed by atoms with Gasteiger partial charge in [-0.15, -0.1) is 0 Å². The van der Waals surface area contributed by atoms with E-state index in [-0.39, 0.29) is 45.7 Å². The van der Waals surface area contributed by atoms with Gasteiger partial charge in [-0.2, -0.15) is 19.0 Å². The first-order chi connectivity index (χ1) is 20.2. The van der Waals surface area contributed by atoms with Gasteiger partial charge < -0.3 is 19.9 Å². The molecule has 4 aromatic rings. The Kier molecular flexibility index (Phi) is 7.54. The summed E-state index contributed by atoms with van der Waals surface area (Å²) in [5.74, 6) is 0.0190. The summed E-state index contributed by atoms with van der Waals surface area (Å²) >= 11 is 6.21. The Hall–Kier alpha value is -4.10. The first kappa shape index (κ1) is 28.0. The summed E-state index contributed by atoms with van der Waals surface area (Å²) < 4.78 is 34.1. The molecule has 3 aromatic heterocycles. The molecule has 6 rings (SSSR count). The van der Waals surface area contributed by atoms with Crippen LogP contribution in [0.4, 0.5) is 14.5 Å². The molecule has 14 heteroatoms. The third kappa shape index (κ3) is 5.53. The summed E-state index contributed by atoms with van der Waals surface area (Å²) in [6, 6.07) is 6.29. The molecule has 11 nitrogen and oxygen atoms in total. The highest BCUT2D eigenvalue weighted by molar-refractivity contribution is 6.31. The lowest BCUT2D eigenvalue weighted by Gasteiger charge is -2.24. The van der Waals surface area contributed by atoms with Gasteiger partial charge in [0.2, 0.25) is 5.91 Å². The average molecular weight is 599 g/mol. The van der Waals surface area contributed by atoms with Gasteiger partial charge in [-0.05, 0) is 49.9 Å². The number of carbonyl (C=O) groups excluding carboxylic acids is 2. The van der Waals surface area contributed by atoms with Crippen LogP contribution in [-0.2, 0) is 11.3 Å². The van der Waals surface area contributed by atoms with Crippen molar-refractivity contribution >= 4 is 34.7 Å². The van der Waals surface area contributed by atoms with Gasteiger partial charge in [0.05, 0.1) is 11.9 Å². The maximum Gasteiger partial charge on any atom is 0.387 e. The smallest absolute Gasteiger partial charge is 0.387 e. The number of benzene rings is 1. The van der Waals surface area contributed by atoms with Crippen molar-refractivity contribution in [2.45, 2.75) is 33.0 Å². The number of fused-ring (bicyclic) bond motifs is 2. The van der Waals surface area contributed by atoms with Crippen molar-refractivity contribution in [2.75, 3.05) is 31.5 Å². The van der Waals surface area contributed by atoms with E-state index in [1.54, 1.807) is 12.3 Å². The number of rotatable bonds is 8. The van der Waals surface area contributed by atoms with E-state index in [0.29, 0.717) is 36.6 Å². The Morgan fingerprint density at radius 1 is 1.17 bits per heavy atom. The molecule has 1 aromatic carbocycles. The molecular formula is C28H29ClF2N8O3. The van der Waals surface area contributed by atoms with Crippen LogP contribution in [0.3, 0.4) is 0 Å². The number of amides is 2. The standard InChI is InChI=1S/C28H29ClF2N8O3/c1-16(2)36-10-17-12-37(13-18(17)11-36)24(40)15-38-14-22(34-27(41)21-9-33-39-7-3-6-32-26(21)39)25(35-38)20-8-19(29)4-5-23(20)42-28(30)31/h3-9,14,16-18,28H,10-13,15H2,1-2H3,(H,34,41)/t17-,18?/m0/s1. The number of ether oxygens (including phenoxy) is 1. The van der Waals surface area contributed by atoms with Crippen LogP contribution in [0.2, 0.25) is 5.02 Å². The molecule has 5 heterocycles. The van der Waals surface area contributed by atoms with Gasteiger partial charge in [-0.3, -0.25) is 14.3 Å². The van der Waals surface area contributed by atoms with E-state index in [1.807, 2.05) is 4.90 Å². The predicted molar refractivity (Wildman–Crippen MR) is 151 cm³/mol. The van der Waals surface area contributed by atoms with Gasteiger partial charge in [0, 0.05) is 61.4 Å². The quantitative estimate of drug-likeness (QED) is 0.328. The van der Waals surface area contributed by atoms with E-state index in [1.165, 1.54) is 46.0 Å². The summed E-state index contributed by atoms with van der Waals surface area (Å²) in [7, 11) is 0. The van der Waals surface area contributed by atoms with Crippen molar-refractivity contribution in [3.8, 4) is 17.0 Å². The van der Waals surface area contributed by atoms with Crippen molar-refractivity contribution in [3.05, 3.63) is 59.6 Å². The number of alkyl halides is 2. The van der Waals surface area contributed by atoms with Gasteiger partial charge in [-0.1, -0.05) is 11.6 Å². The third-order valence-electron chi connectivity index (χ3n) is 7.84. The van der Waals surface area contributed by atoms with Crippen molar-refractivity contribution in [1.29, 1.82) is 0 Å². The zero-order chi connectivity index (χ0) is 29.5. The van der Waals surface area contributed by atoms with Crippen molar-refractivity contribution in [2.24, 2.45) is 11.8 Å². The van der Waals surface area contributed by atoms with E-state index >= 15 is 0 Å². The van der Waals surface area contributed by atoms with Crippen LogP contribution in [0.1, 0.15) is 24.2 Å². The Bertz CT molecular complexity index is 1630. The van der Waals surface area contributed by atoms with Crippen LogP contribution in [0.25, 0.3) is 16.9 Å². The van der Waals surface area contributed by atoms with Crippen LogP contribution < -0.4 is 10.1 Å². The molecule has 0 saturated carbocycles. The molecule has 2 aliphatic heterocycles. The second-order valence-electron chi connectivity index (χ2n) is 10.9. The maximum atomic E-state index is 13.3. The number of hydrogen-bond acceptors (Lipinski definition) is 7. The van der Waals surface area contributed by atoms with Crippen molar-refractivity contribution in [1.82, 2.24) is 34.2 Å². The Labute approximate surface area is 245 Å². The summed E-state index contributed by atoms with van der Waals surface area (Å²) in [6.45, 7) is 4.44. The lowest BCUT2D eigenvalue weighted by Crippen LogP contribution is -2.37. The molecule has 220 valence electrons. The number of anilines is 1. The fraction of sp³-hybridized carbons (Fsp3) is 0.393. The molecule has 1 unspecified atom stereocenters. The van der Waals surface area contributed by atoms with E-state index in [9.17, 15) is 18.4 Å². The summed E-state index contributed by atoms with van der Waals surface area (Å²) in [6.07, 6.45) is 6.06. The highest BCUT2D eigenvalue weighted by Gasteiger charge is 2.42. The molecule has 0 bridgehead atoms. The van der Waals surface area contributed by atoms with E-state index in [2.05, 4.69) is 39.2 Å². The molecular weight excluding hydrogens is 570 g/mol. The van der Waals surface area contributed by atoms with E-state index < -0.39 is 12.5 Å². The van der Waals surface area contributed by atoms with E-state index in [0.717, 1.165) is 13.1 Å². The second-order valence-corrected chi connectivity index (χ2v) is 11.3. The van der Waals surface area contributed by atoms with Crippen LogP contribution in [0.15, 0.2) is 49.1 Å². The number of carbonyl (C=O) groups is 2. The number of aromatic nitrogens is 5. The molecule has 2 aliphatic rings. The largest absolute Gasteiger partial charge is 0.434 e. The minimum absolute atomic E-state index is 0.0971. The highest BCUT2D eigenvalue weighted by Crippen LogP contribution is 2.37. The number of halogens is 3. The molecule has 0 radical (unpaired) electrons. The van der Waals surface area contributed by atoms with Gasteiger partial charge in [0.1, 0.15) is 23.6 Å². The number of likely N-dealkylation sites (tertiary alicyclic amines) is 2. The summed E-state index contributed by atoms with van der Waals surface area (Å²) in [4.78, 5) is 35.2. The fourth-order valence-corrected chi connectivity index (χ4v) is 5.92. The van der Waals surface area contributed by atoms with Gasteiger partial charge in [0.25, 0.3) is 5.91 Å². The Morgan fingerprint density at radius 3 is 2.64 bits per heavy atom. The minimum atomic E-state index is -3.10. The summed E-state index contributed by atoms with van der Waals surface area (Å²) in [5, 5.41) is 11.7. The van der Waals surface area contributed by atoms with Gasteiger partial charge >= 0.3 is 6.61 Å². The fourth-order valence-electron chi connectivity index (χ4n) is 5.75. The number of hydrogen-bond donors (Lipinski definition) is 1. The SMILES string of the molecule is CC(C)N1CC2CN(C(=O)Cn3cc(NC(=O)c4cnn5cccnc45)c(-c4cc(Cl)ccc4OC(F)F)n3)C[C@@H]2C1. The maximum absolute atomic E-state index is 13.3. The Morgan fingerprint density at radius 2 is 1.93 bits per heavy atom. The predicted octanol–water partition coefficient (Wildman–Crippen LogP) is 3.90. The molecule has 2 atom stereocenters. The number of nitrogens with zero attached hydrogens (tertiary/aromatic N) is 7. The zero-order valence-electron chi connectivity index (χ0n) is 23.0. The molecule has 2 amide bonds. The lowest BCUT2D eigenvalue weighted by atomic mass is 10.0. The summed E-state index contributed by atoms with van der Waals surface area (Å²) in [5.41, 5.74) is 0.950. The van der Waals surface area contributed by atoms with Gasteiger partial charge in [0.15, 0.2) is 5.65 Å². The van der Waals surface area contributed by atoms with Crippen LogP contribution in [0, 0.1) is 11.8 Å². The molecule has 2 saturated heterocycles. The van der Waals surface area contributed by atoms with Crippen molar-refractivity contribution < 1.29 is 23.1 Å². The highest BCUT2D eigenvalue weighted by atomic mass is 35.5. The van der Waals surface area contributed by atoms with Crippen LogP contribution >= 0.6 is 11.6 Å². The molecule has 1 N–H and O–H groups in total. The van der Waals surface area contributed by atoms with E-state index in [4.69, 9.17) is 16.3 Å². The Balaban J connectivity index is 1.29. The molecule has 42 heavy (non-hydrogen) atoms. The third-order valence-corrected chi connectivity index (χ3v) is 8.08. The molecule has 0 aliphatic carbocycles. The molecule has 0 spiro atoms. The monoisotopic (exact) mass is 598 g/mol. The number of nitrogens with one attached hydrogen (secondary N) is 1. The zero-order valence-corrected chi connectivity index (χ0v) is 23.7. The van der Waals surface area contributed by atoms with Crippen LogP contribution in [-0.4, -0.2) is 84.8 Å². The van der Waals surface area contributed by atoms with Crippen LogP contribution in [0.5, 0.6) is 5.75 Å². The average Bonchev–Trinajstić information content (AvgIpc) is 3.71. The first-order valence-electron chi connectivity index (χ1n) is 13.6. The lowest BCUT2D eigenvalue weighted by molar-refractivity contribution is -0.131.